The fourth-order valence-corrected chi connectivity index (χ4v) is 1.91. The number of halogens is 1. The normalized spacial score (nSPS) is 18.8. The van der Waals surface area contributed by atoms with Crippen LogP contribution in [0.5, 0.6) is 0 Å². The number of ketones is 1. The number of aromatic nitrogens is 1. The molecule has 0 bridgehead atoms. The molecule has 1 heterocycles. The highest BCUT2D eigenvalue weighted by molar-refractivity contribution is 5.96. The van der Waals surface area contributed by atoms with E-state index >= 15 is 0 Å². The van der Waals surface area contributed by atoms with Gasteiger partial charge in [0.05, 0.1) is 11.8 Å². The van der Waals surface area contributed by atoms with Crippen LogP contribution in [0.15, 0.2) is 36.7 Å². The minimum absolute atomic E-state index is 0.0482. The molecule has 0 saturated heterocycles. The second-order valence-electron chi connectivity index (χ2n) is 3.80. The lowest BCUT2D eigenvalue weighted by molar-refractivity contribution is 0.101. The minimum atomic E-state index is -0.534. The van der Waals surface area contributed by atoms with E-state index in [1.807, 2.05) is 24.3 Å². The maximum absolute atomic E-state index is 13.5. The largest absolute Gasteiger partial charge is 0.294 e. The van der Waals surface area contributed by atoms with Crippen LogP contribution in [0.25, 0.3) is 0 Å². The topological polar surface area (TPSA) is 30.0 Å². The van der Waals surface area contributed by atoms with Crippen molar-refractivity contribution < 1.29 is 9.18 Å². The van der Waals surface area contributed by atoms with Gasteiger partial charge in [0.1, 0.15) is 0 Å². The molecule has 1 unspecified atom stereocenters. The Morgan fingerprint density at radius 2 is 2.25 bits per heavy atom. The number of hydrogen-bond acceptors (Lipinski definition) is 2. The summed E-state index contributed by atoms with van der Waals surface area (Å²) in [6.07, 6.45) is 11.3. The maximum atomic E-state index is 13.5. The zero-order valence-electron chi connectivity index (χ0n) is 8.98. The van der Waals surface area contributed by atoms with E-state index < -0.39 is 5.82 Å². The predicted molar refractivity (Wildman–Crippen MR) is 59.8 cm³/mol. The number of nitrogens with zero attached hydrogens (tertiary/aromatic N) is 1. The standard InChI is InChI=1S/C13H12FNO/c1-9(16)13-11(7-15-8-12(13)14)10-5-3-2-4-6-10/h2-5,7-8,10H,6H2,1H3. The summed E-state index contributed by atoms with van der Waals surface area (Å²) in [7, 11) is 0. The van der Waals surface area contributed by atoms with Gasteiger partial charge in [0, 0.05) is 12.1 Å². The van der Waals surface area contributed by atoms with Crippen LogP contribution >= 0.6 is 0 Å². The van der Waals surface area contributed by atoms with Crippen molar-refractivity contribution in [2.24, 2.45) is 0 Å². The first kappa shape index (κ1) is 10.7. The molecule has 1 aromatic rings. The van der Waals surface area contributed by atoms with E-state index in [9.17, 15) is 9.18 Å². The molecule has 0 saturated carbocycles. The van der Waals surface area contributed by atoms with E-state index in [0.717, 1.165) is 12.6 Å². The SMILES string of the molecule is CC(=O)c1c(F)cncc1C1C=CC=CC1. The summed E-state index contributed by atoms with van der Waals surface area (Å²) in [5, 5.41) is 0. The molecular weight excluding hydrogens is 205 g/mol. The van der Waals surface area contributed by atoms with Gasteiger partial charge >= 0.3 is 0 Å². The Morgan fingerprint density at radius 1 is 1.44 bits per heavy atom. The van der Waals surface area contributed by atoms with E-state index in [4.69, 9.17) is 0 Å². The Morgan fingerprint density at radius 3 is 2.88 bits per heavy atom. The van der Waals surface area contributed by atoms with Crippen LogP contribution in [-0.2, 0) is 0 Å². The molecule has 1 atom stereocenters. The van der Waals surface area contributed by atoms with Gasteiger partial charge in [0.25, 0.3) is 0 Å². The van der Waals surface area contributed by atoms with Gasteiger partial charge in [-0.1, -0.05) is 24.3 Å². The third-order valence-electron chi connectivity index (χ3n) is 2.66. The molecule has 0 radical (unpaired) electrons. The molecule has 0 aliphatic heterocycles. The number of carbonyl (C=O) groups is 1. The van der Waals surface area contributed by atoms with Gasteiger partial charge in [-0.15, -0.1) is 0 Å². The molecule has 16 heavy (non-hydrogen) atoms. The van der Waals surface area contributed by atoms with Crippen molar-refractivity contribution in [2.45, 2.75) is 19.3 Å². The van der Waals surface area contributed by atoms with E-state index in [0.29, 0.717) is 5.56 Å². The zero-order chi connectivity index (χ0) is 11.5. The van der Waals surface area contributed by atoms with Crippen LogP contribution in [0.4, 0.5) is 4.39 Å². The van der Waals surface area contributed by atoms with Crippen molar-refractivity contribution in [1.29, 1.82) is 0 Å². The number of carbonyl (C=O) groups excluding carboxylic acids is 1. The Hall–Kier alpha value is -1.77. The molecular formula is C13H12FNO. The first-order chi connectivity index (χ1) is 7.70. The molecule has 0 fully saturated rings. The summed E-state index contributed by atoms with van der Waals surface area (Å²) in [6.45, 7) is 1.38. The van der Waals surface area contributed by atoms with Crippen LogP contribution in [0.1, 0.15) is 35.2 Å². The number of pyridine rings is 1. The van der Waals surface area contributed by atoms with Crippen LogP contribution < -0.4 is 0 Å². The summed E-state index contributed by atoms with van der Waals surface area (Å²) in [5.74, 6) is -0.738. The zero-order valence-corrected chi connectivity index (χ0v) is 8.98. The molecule has 3 heteroatoms. The number of hydrogen-bond donors (Lipinski definition) is 0. The summed E-state index contributed by atoms with van der Waals surface area (Å²) in [5.41, 5.74) is 0.841. The number of rotatable bonds is 2. The van der Waals surface area contributed by atoms with Gasteiger partial charge in [-0.2, -0.15) is 0 Å². The number of Topliss-reactive ketones (excluding diaryl/α,β-unsaturated/α-hetero) is 1. The molecule has 0 N–H and O–H groups in total. The molecule has 1 aliphatic carbocycles. The van der Waals surface area contributed by atoms with Gasteiger partial charge < -0.3 is 0 Å². The summed E-state index contributed by atoms with van der Waals surface area (Å²) < 4.78 is 13.5. The van der Waals surface area contributed by atoms with Crippen molar-refractivity contribution in [3.8, 4) is 0 Å². The predicted octanol–water partition coefficient (Wildman–Crippen LogP) is 3.02. The molecule has 1 aromatic heterocycles. The van der Waals surface area contributed by atoms with Crippen LogP contribution in [0, 0.1) is 5.82 Å². The van der Waals surface area contributed by atoms with Gasteiger partial charge in [-0.25, -0.2) is 4.39 Å². The molecule has 2 nitrogen and oxygen atoms in total. The van der Waals surface area contributed by atoms with Gasteiger partial charge in [0.2, 0.25) is 0 Å². The average Bonchev–Trinajstić information content (AvgIpc) is 2.29. The van der Waals surface area contributed by atoms with Crippen LogP contribution in [-0.4, -0.2) is 10.8 Å². The fraction of sp³-hybridized carbons (Fsp3) is 0.231. The molecule has 82 valence electrons. The Balaban J connectivity index is 2.47. The van der Waals surface area contributed by atoms with Crippen molar-refractivity contribution >= 4 is 5.78 Å². The molecule has 1 aliphatic rings. The van der Waals surface area contributed by atoms with Gasteiger partial charge in [-0.05, 0) is 18.9 Å². The Bertz CT molecular complexity index is 477. The van der Waals surface area contributed by atoms with Crippen molar-refractivity contribution in [3.05, 3.63) is 53.6 Å². The smallest absolute Gasteiger partial charge is 0.163 e. The second-order valence-corrected chi connectivity index (χ2v) is 3.80. The lowest BCUT2D eigenvalue weighted by atomic mass is 9.89. The van der Waals surface area contributed by atoms with E-state index in [2.05, 4.69) is 4.98 Å². The molecule has 2 rings (SSSR count). The maximum Gasteiger partial charge on any atom is 0.163 e. The van der Waals surface area contributed by atoms with Crippen LogP contribution in [0.3, 0.4) is 0 Å². The van der Waals surface area contributed by atoms with Gasteiger partial charge in [-0.3, -0.25) is 9.78 Å². The fourth-order valence-electron chi connectivity index (χ4n) is 1.91. The van der Waals surface area contributed by atoms with Crippen molar-refractivity contribution in [2.75, 3.05) is 0 Å². The molecule has 0 amide bonds. The lowest BCUT2D eigenvalue weighted by Gasteiger charge is -2.16. The highest BCUT2D eigenvalue weighted by Crippen LogP contribution is 2.28. The number of allylic oxidation sites excluding steroid dienone is 4. The highest BCUT2D eigenvalue weighted by Gasteiger charge is 2.19. The van der Waals surface area contributed by atoms with Gasteiger partial charge in [0.15, 0.2) is 11.6 Å². The summed E-state index contributed by atoms with van der Waals surface area (Å²) in [4.78, 5) is 15.2. The summed E-state index contributed by atoms with van der Waals surface area (Å²) >= 11 is 0. The first-order valence-corrected chi connectivity index (χ1v) is 5.18. The molecule has 0 aromatic carbocycles. The van der Waals surface area contributed by atoms with Crippen molar-refractivity contribution in [3.63, 3.8) is 0 Å². The third kappa shape index (κ3) is 1.94. The molecule has 0 spiro atoms. The first-order valence-electron chi connectivity index (χ1n) is 5.18. The highest BCUT2D eigenvalue weighted by atomic mass is 19.1. The Labute approximate surface area is 93.5 Å². The van der Waals surface area contributed by atoms with E-state index in [-0.39, 0.29) is 17.3 Å². The Kier molecular flexibility index (Phi) is 2.95. The third-order valence-corrected chi connectivity index (χ3v) is 2.66. The average molecular weight is 217 g/mol. The van der Waals surface area contributed by atoms with E-state index in [1.54, 1.807) is 6.20 Å². The van der Waals surface area contributed by atoms with Crippen molar-refractivity contribution in [1.82, 2.24) is 4.98 Å². The summed E-state index contributed by atoms with van der Waals surface area (Å²) in [6, 6.07) is 0. The minimum Gasteiger partial charge on any atom is -0.294 e. The monoisotopic (exact) mass is 217 g/mol. The quantitative estimate of drug-likeness (QED) is 0.713. The van der Waals surface area contributed by atoms with E-state index in [1.165, 1.54) is 6.92 Å². The van der Waals surface area contributed by atoms with Crippen LogP contribution in [0.2, 0.25) is 0 Å². The second kappa shape index (κ2) is 4.39. The lowest BCUT2D eigenvalue weighted by Crippen LogP contribution is -2.08.